The molecular weight excluding hydrogens is 344 g/mol. The van der Waals surface area contributed by atoms with Gasteiger partial charge in [-0.1, -0.05) is 60.8 Å². The molecule has 0 atom stereocenters. The molecule has 0 amide bonds. The van der Waals surface area contributed by atoms with Crippen LogP contribution in [0.3, 0.4) is 0 Å². The van der Waals surface area contributed by atoms with Crippen molar-refractivity contribution < 1.29 is 16.8 Å². The number of carbonyl (C=O) groups is 1. The van der Waals surface area contributed by atoms with Gasteiger partial charge < -0.3 is 0 Å². The molecule has 0 aromatic carbocycles. The monoisotopic (exact) mass is 382 g/mol. The van der Waals surface area contributed by atoms with Gasteiger partial charge in [0.25, 0.3) is 10.1 Å². The van der Waals surface area contributed by atoms with Gasteiger partial charge >= 0.3 is 0 Å². The minimum atomic E-state index is -3.57. The fraction of sp³-hybridized carbons (Fsp3) is 0.944. The Morgan fingerprint density at radius 3 is 1.62 bits per heavy atom. The van der Waals surface area contributed by atoms with E-state index < -0.39 is 25.8 Å². The van der Waals surface area contributed by atoms with Gasteiger partial charge in [0.05, 0.1) is 11.5 Å². The summed E-state index contributed by atoms with van der Waals surface area (Å²) in [6.45, 7) is 11.8. The Balaban J connectivity index is 5.50. The van der Waals surface area contributed by atoms with Crippen molar-refractivity contribution >= 4 is 26.2 Å². The number of hydrogen-bond donors (Lipinski definition) is 0. The highest BCUT2D eigenvalue weighted by Gasteiger charge is 2.35. The summed E-state index contributed by atoms with van der Waals surface area (Å²) in [4.78, 5) is 12.7. The minimum absolute atomic E-state index is 0.0558. The summed E-state index contributed by atoms with van der Waals surface area (Å²) in [7, 11) is -5.50. The number of unbranched alkanes of at least 4 members (excludes halogenated alkanes) is 3. The van der Waals surface area contributed by atoms with Crippen LogP contribution in [0.15, 0.2) is 0 Å². The smallest absolute Gasteiger partial charge is 0.276 e. The van der Waals surface area contributed by atoms with Gasteiger partial charge in [-0.05, 0) is 19.3 Å². The van der Waals surface area contributed by atoms with E-state index in [9.17, 15) is 13.2 Å². The van der Waals surface area contributed by atoms with Crippen molar-refractivity contribution in [2.24, 2.45) is 5.41 Å². The zero-order valence-corrected chi connectivity index (χ0v) is 18.2. The molecule has 0 unspecified atom stereocenters. The molecule has 0 N–H and O–H groups in total. The lowest BCUT2D eigenvalue weighted by Gasteiger charge is -2.39. The fourth-order valence-electron chi connectivity index (χ4n) is 2.18. The highest BCUT2D eigenvalue weighted by molar-refractivity contribution is 8.33. The Morgan fingerprint density at radius 1 is 0.833 bits per heavy atom. The van der Waals surface area contributed by atoms with E-state index in [1.54, 1.807) is 0 Å². The fourth-order valence-corrected chi connectivity index (χ4v) is 8.63. The zero-order valence-electron chi connectivity index (χ0n) is 16.5. The molecule has 146 valence electrons. The Labute approximate surface area is 151 Å². The molecule has 0 fully saturated rings. The van der Waals surface area contributed by atoms with Crippen LogP contribution < -0.4 is 0 Å². The Kier molecular flexibility index (Phi) is 10.8. The SMILES string of the molecule is CCCCS(CCCC)(CC(=O)C(C)(C)C)OS(=O)(=O)CCCC. The molecule has 0 saturated heterocycles. The molecule has 0 aliphatic rings. The van der Waals surface area contributed by atoms with Crippen molar-refractivity contribution in [3.63, 3.8) is 0 Å². The van der Waals surface area contributed by atoms with Crippen molar-refractivity contribution in [3.8, 4) is 0 Å². The molecule has 0 spiro atoms. The Morgan fingerprint density at radius 2 is 1.25 bits per heavy atom. The highest BCUT2D eigenvalue weighted by atomic mass is 32.3. The molecule has 0 bridgehead atoms. The van der Waals surface area contributed by atoms with E-state index in [-0.39, 0.29) is 17.3 Å². The van der Waals surface area contributed by atoms with Gasteiger partial charge in [-0.25, -0.2) is 3.63 Å². The lowest BCUT2D eigenvalue weighted by atomic mass is 9.92. The first-order valence-corrected chi connectivity index (χ1v) is 12.9. The van der Waals surface area contributed by atoms with Crippen LogP contribution >= 0.6 is 10.3 Å². The predicted molar refractivity (Wildman–Crippen MR) is 106 cm³/mol. The average molecular weight is 383 g/mol. The summed E-state index contributed by atoms with van der Waals surface area (Å²) in [6.07, 6.45) is 5.17. The maximum absolute atomic E-state index is 12.7. The normalized spacial score (nSPS) is 13.9. The average Bonchev–Trinajstić information content (AvgIpc) is 2.47. The van der Waals surface area contributed by atoms with Gasteiger partial charge in [0, 0.05) is 16.9 Å². The standard InChI is InChI=1S/C18H38O4S2/c1-7-10-13-23(14-11-8-2,16-17(19)18(4,5)6)22-24(20,21)15-12-9-3/h7-16H2,1-6H3. The summed E-state index contributed by atoms with van der Waals surface area (Å²) >= 11 is 0. The second kappa shape index (κ2) is 10.8. The van der Waals surface area contributed by atoms with Gasteiger partial charge in [-0.2, -0.15) is 8.42 Å². The molecule has 0 aromatic rings. The number of rotatable bonds is 13. The van der Waals surface area contributed by atoms with Crippen LogP contribution in [-0.2, 0) is 18.5 Å². The summed E-state index contributed by atoms with van der Waals surface area (Å²) in [5.74, 6) is 1.84. The van der Waals surface area contributed by atoms with Gasteiger partial charge in [0.2, 0.25) is 0 Å². The van der Waals surface area contributed by atoms with Crippen LogP contribution in [0.2, 0.25) is 0 Å². The molecule has 6 heteroatoms. The second-order valence-electron chi connectivity index (χ2n) is 7.58. The number of carbonyl (C=O) groups excluding carboxylic acids is 1. The van der Waals surface area contributed by atoms with Crippen molar-refractivity contribution in [2.45, 2.75) is 80.1 Å². The summed E-state index contributed by atoms with van der Waals surface area (Å²) < 4.78 is 30.7. The van der Waals surface area contributed by atoms with Crippen molar-refractivity contribution in [2.75, 3.05) is 23.0 Å². The van der Waals surface area contributed by atoms with Gasteiger partial charge in [-0.3, -0.25) is 4.79 Å². The third-order valence-electron chi connectivity index (χ3n) is 3.97. The zero-order chi connectivity index (χ0) is 18.9. The molecule has 0 aliphatic heterocycles. The number of Topliss-reactive ketones (excluding diaryl/α,β-unsaturated/α-hetero) is 1. The van der Waals surface area contributed by atoms with Gasteiger partial charge in [-0.15, -0.1) is 10.3 Å². The van der Waals surface area contributed by atoms with Crippen LogP contribution in [0.25, 0.3) is 0 Å². The largest absolute Gasteiger partial charge is 0.298 e. The lowest BCUT2D eigenvalue weighted by molar-refractivity contribution is -0.123. The molecule has 24 heavy (non-hydrogen) atoms. The molecular formula is C18H38O4S2. The van der Waals surface area contributed by atoms with Crippen LogP contribution in [0.5, 0.6) is 0 Å². The summed E-state index contributed by atoms with van der Waals surface area (Å²) in [5, 5.41) is 0. The number of ketones is 1. The van der Waals surface area contributed by atoms with E-state index in [4.69, 9.17) is 3.63 Å². The second-order valence-corrected chi connectivity index (χ2v) is 12.7. The van der Waals surface area contributed by atoms with Crippen LogP contribution in [0, 0.1) is 5.41 Å². The van der Waals surface area contributed by atoms with E-state index >= 15 is 0 Å². The lowest BCUT2D eigenvalue weighted by Crippen LogP contribution is -2.31. The van der Waals surface area contributed by atoms with E-state index in [0.717, 1.165) is 32.1 Å². The van der Waals surface area contributed by atoms with Crippen molar-refractivity contribution in [3.05, 3.63) is 0 Å². The Hall–Kier alpha value is -0.0700. The van der Waals surface area contributed by atoms with E-state index in [2.05, 4.69) is 13.8 Å². The van der Waals surface area contributed by atoms with E-state index in [1.165, 1.54) is 0 Å². The van der Waals surface area contributed by atoms with E-state index in [0.29, 0.717) is 17.9 Å². The number of hydrogen-bond acceptors (Lipinski definition) is 4. The molecule has 0 radical (unpaired) electrons. The molecule has 0 aromatic heterocycles. The summed E-state index contributed by atoms with van der Waals surface area (Å²) in [6, 6.07) is 0. The van der Waals surface area contributed by atoms with Gasteiger partial charge in [0.15, 0.2) is 0 Å². The topological polar surface area (TPSA) is 60.4 Å². The molecule has 0 rings (SSSR count). The molecule has 0 saturated carbocycles. The highest BCUT2D eigenvalue weighted by Crippen LogP contribution is 2.53. The molecule has 0 aliphatic carbocycles. The summed E-state index contributed by atoms with van der Waals surface area (Å²) in [5.41, 5.74) is -0.465. The van der Waals surface area contributed by atoms with Crippen LogP contribution in [0.1, 0.15) is 80.1 Å². The van der Waals surface area contributed by atoms with Crippen molar-refractivity contribution in [1.82, 2.24) is 0 Å². The third-order valence-corrected chi connectivity index (χ3v) is 9.59. The van der Waals surface area contributed by atoms with Crippen LogP contribution in [0.4, 0.5) is 0 Å². The quantitative estimate of drug-likeness (QED) is 0.446. The first-order valence-electron chi connectivity index (χ1n) is 9.25. The van der Waals surface area contributed by atoms with Crippen LogP contribution in [-0.4, -0.2) is 37.2 Å². The Bertz CT molecular complexity index is 456. The first-order chi connectivity index (χ1) is 11.0. The van der Waals surface area contributed by atoms with E-state index in [1.807, 2.05) is 27.7 Å². The maximum atomic E-state index is 12.7. The van der Waals surface area contributed by atoms with Gasteiger partial charge in [0.1, 0.15) is 5.78 Å². The maximum Gasteiger partial charge on any atom is 0.276 e. The van der Waals surface area contributed by atoms with Crippen molar-refractivity contribution in [1.29, 1.82) is 0 Å². The first kappa shape index (κ1) is 23.9. The molecule has 0 heterocycles. The molecule has 4 nitrogen and oxygen atoms in total. The third kappa shape index (κ3) is 9.42. The minimum Gasteiger partial charge on any atom is -0.298 e. The predicted octanol–water partition coefficient (Wildman–Crippen LogP) is 5.07.